The third-order valence-corrected chi connectivity index (χ3v) is 5.24. The number of benzene rings is 2. The zero-order chi connectivity index (χ0) is 19.1. The van der Waals surface area contributed by atoms with Crippen LogP contribution in [0.1, 0.15) is 23.2 Å². The molecule has 7 heteroatoms. The summed E-state index contributed by atoms with van der Waals surface area (Å²) in [5, 5.41) is 2.38. The van der Waals surface area contributed by atoms with Gasteiger partial charge in [-0.05, 0) is 37.1 Å². The van der Waals surface area contributed by atoms with Gasteiger partial charge in [0.25, 0.3) is 5.91 Å². The molecule has 1 saturated heterocycles. The lowest BCUT2D eigenvalue weighted by Gasteiger charge is -2.12. The van der Waals surface area contributed by atoms with Gasteiger partial charge in [-0.15, -0.1) is 11.8 Å². The Morgan fingerprint density at radius 1 is 1.19 bits per heavy atom. The number of ether oxygens (including phenoxy) is 2. The number of carbonyl (C=O) groups is 2. The summed E-state index contributed by atoms with van der Waals surface area (Å²) in [4.78, 5) is 25.1. The summed E-state index contributed by atoms with van der Waals surface area (Å²) in [6.45, 7) is 0.296. The number of hydrogen-bond acceptors (Lipinski definition) is 5. The summed E-state index contributed by atoms with van der Waals surface area (Å²) < 4.78 is 24.2. The zero-order valence-corrected chi connectivity index (χ0v) is 15.5. The van der Waals surface area contributed by atoms with Gasteiger partial charge < -0.3 is 14.8 Å². The maximum Gasteiger partial charge on any atom is 0.339 e. The van der Waals surface area contributed by atoms with Crippen molar-refractivity contribution in [3.8, 4) is 0 Å². The van der Waals surface area contributed by atoms with Crippen LogP contribution in [0.3, 0.4) is 0 Å². The maximum atomic E-state index is 13.5. The van der Waals surface area contributed by atoms with E-state index in [4.69, 9.17) is 9.47 Å². The Morgan fingerprint density at radius 3 is 2.74 bits per heavy atom. The van der Waals surface area contributed by atoms with Crippen molar-refractivity contribution < 1.29 is 23.5 Å². The van der Waals surface area contributed by atoms with Gasteiger partial charge in [0.15, 0.2) is 6.61 Å². The van der Waals surface area contributed by atoms with Crippen molar-refractivity contribution in [2.45, 2.75) is 23.8 Å². The third kappa shape index (κ3) is 5.55. The van der Waals surface area contributed by atoms with Gasteiger partial charge in [0.1, 0.15) is 5.82 Å². The Bertz CT molecular complexity index is 808. The summed E-state index contributed by atoms with van der Waals surface area (Å²) in [6.07, 6.45) is 2.28. The summed E-state index contributed by atoms with van der Waals surface area (Å²) in [7, 11) is 0. The van der Waals surface area contributed by atoms with Crippen molar-refractivity contribution in [3.05, 3.63) is 59.9 Å². The molecular formula is C20H20FNO4S. The quantitative estimate of drug-likeness (QED) is 0.575. The molecule has 1 amide bonds. The third-order valence-electron chi connectivity index (χ3n) is 4.04. The lowest BCUT2D eigenvalue weighted by Crippen LogP contribution is -2.21. The molecule has 1 fully saturated rings. The molecule has 5 nitrogen and oxygen atoms in total. The molecule has 1 aliphatic heterocycles. The summed E-state index contributed by atoms with van der Waals surface area (Å²) in [5.74, 6) is -0.974. The van der Waals surface area contributed by atoms with Crippen LogP contribution in [0.5, 0.6) is 0 Å². The second-order valence-corrected chi connectivity index (χ2v) is 7.11. The molecule has 0 aliphatic carbocycles. The van der Waals surface area contributed by atoms with Gasteiger partial charge in [0.05, 0.1) is 17.4 Å². The van der Waals surface area contributed by atoms with Crippen molar-refractivity contribution in [3.63, 3.8) is 0 Å². The van der Waals surface area contributed by atoms with E-state index in [1.54, 1.807) is 18.2 Å². The van der Waals surface area contributed by atoms with E-state index in [9.17, 15) is 14.0 Å². The Morgan fingerprint density at radius 2 is 1.96 bits per heavy atom. The van der Waals surface area contributed by atoms with E-state index in [2.05, 4.69) is 5.32 Å². The fraction of sp³-hybridized carbons (Fsp3) is 0.300. The minimum atomic E-state index is -0.599. The number of anilines is 1. The molecule has 0 radical (unpaired) electrons. The minimum Gasteiger partial charge on any atom is -0.452 e. The molecule has 2 aromatic rings. The first-order valence-corrected chi connectivity index (χ1v) is 9.67. The van der Waals surface area contributed by atoms with Crippen LogP contribution < -0.4 is 5.32 Å². The fourth-order valence-corrected chi connectivity index (χ4v) is 3.79. The van der Waals surface area contributed by atoms with E-state index in [-0.39, 0.29) is 11.8 Å². The highest BCUT2D eigenvalue weighted by molar-refractivity contribution is 7.99. The van der Waals surface area contributed by atoms with Crippen LogP contribution in [0.15, 0.2) is 53.4 Å². The van der Waals surface area contributed by atoms with E-state index in [1.807, 2.05) is 12.1 Å². The molecule has 142 valence electrons. The van der Waals surface area contributed by atoms with Crippen LogP contribution in [0.4, 0.5) is 10.1 Å². The van der Waals surface area contributed by atoms with Crippen LogP contribution >= 0.6 is 11.8 Å². The highest BCUT2D eigenvalue weighted by Crippen LogP contribution is 2.27. The molecule has 0 spiro atoms. The Kier molecular flexibility index (Phi) is 6.84. The molecule has 1 N–H and O–H groups in total. The van der Waals surface area contributed by atoms with Gasteiger partial charge in [0.2, 0.25) is 0 Å². The zero-order valence-electron chi connectivity index (χ0n) is 14.7. The Balaban J connectivity index is 1.54. The molecule has 0 bridgehead atoms. The van der Waals surface area contributed by atoms with E-state index in [1.165, 1.54) is 30.0 Å². The number of rotatable bonds is 7. The molecule has 0 aromatic heterocycles. The predicted octanol–water partition coefficient (Wildman–Crippen LogP) is 3.89. The van der Waals surface area contributed by atoms with Crippen molar-refractivity contribution in [2.75, 3.05) is 24.3 Å². The number of amides is 1. The SMILES string of the molecule is O=C(COC(=O)c1ccccc1SC[C@H]1CCCO1)Nc1ccccc1F. The first-order chi connectivity index (χ1) is 13.1. The predicted molar refractivity (Wildman–Crippen MR) is 101 cm³/mol. The van der Waals surface area contributed by atoms with Gasteiger partial charge >= 0.3 is 5.97 Å². The molecule has 1 heterocycles. The number of hydrogen-bond donors (Lipinski definition) is 1. The maximum absolute atomic E-state index is 13.5. The number of esters is 1. The topological polar surface area (TPSA) is 64.6 Å². The number of thioether (sulfide) groups is 1. The van der Waals surface area contributed by atoms with Crippen LogP contribution in [0, 0.1) is 5.82 Å². The first-order valence-electron chi connectivity index (χ1n) is 8.68. The smallest absolute Gasteiger partial charge is 0.339 e. The highest BCUT2D eigenvalue weighted by Gasteiger charge is 2.19. The molecular weight excluding hydrogens is 369 g/mol. The van der Waals surface area contributed by atoms with Gasteiger partial charge in [-0.2, -0.15) is 0 Å². The Labute approximate surface area is 161 Å². The summed E-state index contributed by atoms with van der Waals surface area (Å²) in [6, 6.07) is 12.9. The molecule has 1 aliphatic rings. The monoisotopic (exact) mass is 389 g/mol. The Hall–Kier alpha value is -2.38. The van der Waals surface area contributed by atoms with E-state index < -0.39 is 24.3 Å². The number of carbonyl (C=O) groups excluding carboxylic acids is 2. The molecule has 0 unspecified atom stereocenters. The van der Waals surface area contributed by atoms with Crippen LogP contribution in [0.2, 0.25) is 0 Å². The average molecular weight is 389 g/mol. The van der Waals surface area contributed by atoms with Gasteiger partial charge in [-0.1, -0.05) is 24.3 Å². The molecule has 1 atom stereocenters. The van der Waals surface area contributed by atoms with Crippen molar-refractivity contribution >= 4 is 29.3 Å². The second-order valence-electron chi connectivity index (χ2n) is 6.05. The lowest BCUT2D eigenvalue weighted by atomic mass is 10.2. The fourth-order valence-electron chi connectivity index (χ4n) is 2.68. The van der Waals surface area contributed by atoms with Crippen molar-refractivity contribution in [1.29, 1.82) is 0 Å². The van der Waals surface area contributed by atoms with Crippen molar-refractivity contribution in [1.82, 2.24) is 0 Å². The number of para-hydroxylation sites is 1. The van der Waals surface area contributed by atoms with E-state index in [0.717, 1.165) is 30.1 Å². The van der Waals surface area contributed by atoms with Crippen LogP contribution in [-0.2, 0) is 14.3 Å². The molecule has 0 saturated carbocycles. The normalized spacial score (nSPS) is 16.1. The van der Waals surface area contributed by atoms with Gasteiger partial charge in [-0.3, -0.25) is 4.79 Å². The van der Waals surface area contributed by atoms with Crippen LogP contribution in [0.25, 0.3) is 0 Å². The molecule has 27 heavy (non-hydrogen) atoms. The van der Waals surface area contributed by atoms with Crippen molar-refractivity contribution in [2.24, 2.45) is 0 Å². The summed E-state index contributed by atoms with van der Waals surface area (Å²) in [5.41, 5.74) is 0.449. The van der Waals surface area contributed by atoms with Gasteiger partial charge in [-0.25, -0.2) is 9.18 Å². The minimum absolute atomic E-state index is 0.0473. The number of halogens is 1. The molecule has 3 rings (SSSR count). The largest absolute Gasteiger partial charge is 0.452 e. The highest BCUT2D eigenvalue weighted by atomic mass is 32.2. The van der Waals surface area contributed by atoms with Crippen LogP contribution in [-0.4, -0.2) is 36.9 Å². The average Bonchev–Trinajstić information content (AvgIpc) is 3.20. The van der Waals surface area contributed by atoms with E-state index >= 15 is 0 Å². The summed E-state index contributed by atoms with van der Waals surface area (Å²) >= 11 is 1.54. The lowest BCUT2D eigenvalue weighted by molar-refractivity contribution is -0.119. The van der Waals surface area contributed by atoms with E-state index in [0.29, 0.717) is 5.56 Å². The van der Waals surface area contributed by atoms with Gasteiger partial charge in [0, 0.05) is 17.3 Å². The standard InChI is InChI=1S/C20H20FNO4S/c21-16-8-2-3-9-17(16)22-19(23)12-26-20(24)15-7-1-4-10-18(15)27-13-14-6-5-11-25-14/h1-4,7-10,14H,5-6,11-13H2,(H,22,23)/t14-/m1/s1. The molecule has 2 aromatic carbocycles. The number of nitrogens with one attached hydrogen (secondary N) is 1. The first kappa shape index (κ1) is 19.4. The second kappa shape index (κ2) is 9.53.